The lowest BCUT2D eigenvalue weighted by molar-refractivity contribution is -0.166. The SMILES string of the molecule is CC/C=C\C/C=C\C/C=C\C/C=C\C/C=C\CCCCCCCCCC(=O)OCC(COC(=O)CC/C=C\C/C=C\C/C=C\C/C=C\CC)OC(=O)CCCCCCC/C=C\CCCCCCCCC. The third kappa shape index (κ3) is 54.7. The maximum atomic E-state index is 12.8. The minimum Gasteiger partial charge on any atom is -0.462 e. The van der Waals surface area contributed by atoms with Gasteiger partial charge in [0, 0.05) is 19.3 Å². The molecular weight excluding hydrogens is 865 g/mol. The van der Waals surface area contributed by atoms with Crippen LogP contribution in [-0.2, 0) is 28.6 Å². The maximum Gasteiger partial charge on any atom is 0.306 e. The summed E-state index contributed by atoms with van der Waals surface area (Å²) < 4.78 is 16.8. The lowest BCUT2D eigenvalue weighted by atomic mass is 10.1. The molecule has 0 aliphatic carbocycles. The Morgan fingerprint density at radius 2 is 0.586 bits per heavy atom. The zero-order valence-corrected chi connectivity index (χ0v) is 45.2. The van der Waals surface area contributed by atoms with Gasteiger partial charge in [-0.3, -0.25) is 14.4 Å². The normalized spacial score (nSPS) is 13.0. The monoisotopic (exact) mass is 969 g/mol. The second-order valence-corrected chi connectivity index (χ2v) is 18.4. The summed E-state index contributed by atoms with van der Waals surface area (Å²) in [5.74, 6) is -1.02. The van der Waals surface area contributed by atoms with Gasteiger partial charge < -0.3 is 14.2 Å². The van der Waals surface area contributed by atoms with Crippen LogP contribution < -0.4 is 0 Å². The van der Waals surface area contributed by atoms with Gasteiger partial charge in [-0.15, -0.1) is 0 Å². The number of carbonyl (C=O) groups excluding carboxylic acids is 3. The highest BCUT2D eigenvalue weighted by molar-refractivity contribution is 5.71. The van der Waals surface area contributed by atoms with Gasteiger partial charge in [0.1, 0.15) is 13.2 Å². The molecule has 0 bridgehead atoms. The van der Waals surface area contributed by atoms with Crippen molar-refractivity contribution in [3.05, 3.63) is 122 Å². The van der Waals surface area contributed by atoms with Crippen molar-refractivity contribution in [1.82, 2.24) is 0 Å². The number of allylic oxidation sites excluding steroid dienone is 20. The summed E-state index contributed by atoms with van der Waals surface area (Å²) in [7, 11) is 0. The molecule has 396 valence electrons. The topological polar surface area (TPSA) is 78.9 Å². The molecular formula is C64H104O6. The van der Waals surface area contributed by atoms with Crippen molar-refractivity contribution in [2.45, 2.75) is 252 Å². The van der Waals surface area contributed by atoms with Crippen LogP contribution in [0.1, 0.15) is 245 Å². The van der Waals surface area contributed by atoms with E-state index in [1.807, 2.05) is 12.2 Å². The van der Waals surface area contributed by atoms with Crippen LogP contribution in [-0.4, -0.2) is 37.2 Å². The van der Waals surface area contributed by atoms with Crippen LogP contribution in [0, 0.1) is 0 Å². The van der Waals surface area contributed by atoms with Crippen LogP contribution in [0.4, 0.5) is 0 Å². The van der Waals surface area contributed by atoms with Crippen molar-refractivity contribution in [2.24, 2.45) is 0 Å². The Kier molecular flexibility index (Phi) is 54.0. The standard InChI is InChI=1S/C64H104O6/c1-4-7-10-13-16-19-22-25-27-29-30-31-32-33-34-35-37-39-42-45-48-51-54-57-63(66)69-60-61(59-68-62(65)56-53-50-47-44-41-38-24-21-18-15-12-9-6-3)70-64(67)58-55-52-49-46-43-40-36-28-26-23-20-17-14-11-8-5-2/h7,9-10,12,16,18-19,21,25,27-28,30-31,33-34,36,38,41,47,50,61H,4-6,8,11,13-15,17,20,22-24,26,29,32,35,37,39-40,42-46,48-49,51-60H2,1-3H3/b10-7-,12-9-,19-16-,21-18-,27-25-,31-30-,34-33-,36-28-,41-38-,50-47-. The largest absolute Gasteiger partial charge is 0.462 e. The molecule has 0 heterocycles. The van der Waals surface area contributed by atoms with Gasteiger partial charge in [-0.05, 0) is 116 Å². The van der Waals surface area contributed by atoms with E-state index in [2.05, 4.69) is 130 Å². The molecule has 6 nitrogen and oxygen atoms in total. The number of ether oxygens (including phenoxy) is 3. The maximum absolute atomic E-state index is 12.8. The van der Waals surface area contributed by atoms with Gasteiger partial charge in [0.2, 0.25) is 0 Å². The Balaban J connectivity index is 4.45. The van der Waals surface area contributed by atoms with Gasteiger partial charge in [-0.2, -0.15) is 0 Å². The van der Waals surface area contributed by atoms with Crippen LogP contribution in [0.5, 0.6) is 0 Å². The average Bonchev–Trinajstić information content (AvgIpc) is 3.36. The molecule has 0 amide bonds. The van der Waals surface area contributed by atoms with Crippen LogP contribution in [0.3, 0.4) is 0 Å². The highest BCUT2D eigenvalue weighted by Gasteiger charge is 2.19. The van der Waals surface area contributed by atoms with E-state index in [0.29, 0.717) is 19.3 Å². The van der Waals surface area contributed by atoms with E-state index in [1.54, 1.807) is 0 Å². The van der Waals surface area contributed by atoms with Crippen LogP contribution in [0.25, 0.3) is 0 Å². The van der Waals surface area contributed by atoms with Crippen LogP contribution in [0.2, 0.25) is 0 Å². The van der Waals surface area contributed by atoms with Crippen molar-refractivity contribution < 1.29 is 28.6 Å². The van der Waals surface area contributed by atoms with E-state index < -0.39 is 6.10 Å². The fraction of sp³-hybridized carbons (Fsp3) is 0.641. The summed E-state index contributed by atoms with van der Waals surface area (Å²) in [6.45, 7) is 6.32. The van der Waals surface area contributed by atoms with E-state index in [4.69, 9.17) is 14.2 Å². The van der Waals surface area contributed by atoms with Gasteiger partial charge in [0.25, 0.3) is 0 Å². The number of hydrogen-bond donors (Lipinski definition) is 0. The molecule has 1 unspecified atom stereocenters. The molecule has 0 saturated carbocycles. The molecule has 0 aromatic heterocycles. The summed E-state index contributed by atoms with van der Waals surface area (Å²) in [5, 5.41) is 0. The minimum atomic E-state index is -0.819. The van der Waals surface area contributed by atoms with E-state index >= 15 is 0 Å². The second-order valence-electron chi connectivity index (χ2n) is 18.4. The highest BCUT2D eigenvalue weighted by Crippen LogP contribution is 2.14. The Hall–Kier alpha value is -4.19. The van der Waals surface area contributed by atoms with Crippen molar-refractivity contribution in [1.29, 1.82) is 0 Å². The highest BCUT2D eigenvalue weighted by atomic mass is 16.6. The van der Waals surface area contributed by atoms with Gasteiger partial charge in [0.05, 0.1) is 0 Å². The molecule has 0 N–H and O–H groups in total. The van der Waals surface area contributed by atoms with Gasteiger partial charge in [0.15, 0.2) is 6.10 Å². The van der Waals surface area contributed by atoms with Crippen LogP contribution in [0.15, 0.2) is 122 Å². The van der Waals surface area contributed by atoms with E-state index in [9.17, 15) is 14.4 Å². The zero-order valence-electron chi connectivity index (χ0n) is 45.2. The summed E-state index contributed by atoms with van der Waals surface area (Å²) in [6.07, 6.45) is 79.2. The number of carbonyl (C=O) groups is 3. The lowest BCUT2D eigenvalue weighted by Gasteiger charge is -2.18. The first-order valence-corrected chi connectivity index (χ1v) is 28.5. The summed E-state index contributed by atoms with van der Waals surface area (Å²) in [5.41, 5.74) is 0. The molecule has 0 spiro atoms. The predicted molar refractivity (Wildman–Crippen MR) is 302 cm³/mol. The molecule has 0 radical (unpaired) electrons. The van der Waals surface area contributed by atoms with Gasteiger partial charge in [-0.25, -0.2) is 0 Å². The van der Waals surface area contributed by atoms with Gasteiger partial charge >= 0.3 is 17.9 Å². The predicted octanol–water partition coefficient (Wildman–Crippen LogP) is 19.3. The summed E-state index contributed by atoms with van der Waals surface area (Å²) in [4.78, 5) is 38.1. The fourth-order valence-corrected chi connectivity index (χ4v) is 7.48. The molecule has 0 rings (SSSR count). The smallest absolute Gasteiger partial charge is 0.306 e. The van der Waals surface area contributed by atoms with Crippen LogP contribution >= 0.6 is 0 Å². The third-order valence-electron chi connectivity index (χ3n) is 11.7. The van der Waals surface area contributed by atoms with Crippen molar-refractivity contribution in [3.63, 3.8) is 0 Å². The lowest BCUT2D eigenvalue weighted by Crippen LogP contribution is -2.30. The minimum absolute atomic E-state index is 0.112. The van der Waals surface area contributed by atoms with Crippen molar-refractivity contribution in [2.75, 3.05) is 13.2 Å². The first kappa shape index (κ1) is 65.8. The van der Waals surface area contributed by atoms with E-state index in [-0.39, 0.29) is 37.5 Å². The van der Waals surface area contributed by atoms with Crippen molar-refractivity contribution in [3.8, 4) is 0 Å². The zero-order chi connectivity index (χ0) is 50.7. The molecule has 0 aromatic rings. The fourth-order valence-electron chi connectivity index (χ4n) is 7.48. The molecule has 1 atom stereocenters. The molecule has 0 aromatic carbocycles. The van der Waals surface area contributed by atoms with E-state index in [0.717, 1.165) is 116 Å². The van der Waals surface area contributed by atoms with Crippen molar-refractivity contribution >= 4 is 17.9 Å². The Labute approximate surface area is 431 Å². The summed E-state index contributed by atoms with van der Waals surface area (Å²) in [6, 6.07) is 0. The molecule has 0 aliphatic rings. The summed E-state index contributed by atoms with van der Waals surface area (Å²) >= 11 is 0. The van der Waals surface area contributed by atoms with Gasteiger partial charge in [-0.1, -0.05) is 232 Å². The Morgan fingerprint density at radius 1 is 0.300 bits per heavy atom. The van der Waals surface area contributed by atoms with E-state index in [1.165, 1.54) is 83.5 Å². The molecule has 0 saturated heterocycles. The second kappa shape index (κ2) is 57.4. The molecule has 6 heteroatoms. The number of esters is 3. The number of hydrogen-bond acceptors (Lipinski definition) is 6. The first-order chi connectivity index (χ1) is 34.5. The molecule has 0 fully saturated rings. The Bertz CT molecular complexity index is 1490. The Morgan fingerprint density at radius 3 is 0.971 bits per heavy atom. The average molecular weight is 970 g/mol. The molecule has 0 aliphatic heterocycles. The first-order valence-electron chi connectivity index (χ1n) is 28.5. The number of rotatable bonds is 50. The number of unbranched alkanes of at least 4 members (excludes halogenated alkanes) is 19. The molecule has 70 heavy (non-hydrogen) atoms. The third-order valence-corrected chi connectivity index (χ3v) is 11.7. The quantitative estimate of drug-likeness (QED) is 0.0262.